The Morgan fingerprint density at radius 3 is 2.83 bits per heavy atom. The van der Waals surface area contributed by atoms with Gasteiger partial charge < -0.3 is 0 Å². The number of hydrogen-bond donors (Lipinski definition) is 0. The minimum Gasteiger partial charge on any atom is -0.0651 e. The van der Waals surface area contributed by atoms with Crippen molar-refractivity contribution in [1.82, 2.24) is 0 Å². The molecule has 0 spiro atoms. The fourth-order valence-corrected chi connectivity index (χ4v) is 2.60. The van der Waals surface area contributed by atoms with E-state index < -0.39 is 0 Å². The third-order valence-corrected chi connectivity index (χ3v) is 3.15. The van der Waals surface area contributed by atoms with Gasteiger partial charge in [0.05, 0.1) is 0 Å². The van der Waals surface area contributed by atoms with E-state index >= 15 is 0 Å². The smallest absolute Gasteiger partial charge is 0.00577 e. The summed E-state index contributed by atoms with van der Waals surface area (Å²) in [6.07, 6.45) is 3.77. The third-order valence-electron chi connectivity index (χ3n) is 3.15. The molecule has 0 unspecified atom stereocenters. The van der Waals surface area contributed by atoms with Gasteiger partial charge in [-0.15, -0.1) is 0 Å². The normalized spacial score (nSPS) is 18.8. The van der Waals surface area contributed by atoms with Crippen LogP contribution in [0.3, 0.4) is 0 Å². The molecule has 0 aromatic heterocycles. The van der Waals surface area contributed by atoms with E-state index in [1.54, 1.807) is 27.8 Å². The maximum absolute atomic E-state index is 2.28. The Labute approximate surface area is 72.9 Å². The van der Waals surface area contributed by atoms with Gasteiger partial charge in [-0.25, -0.2) is 0 Å². The molecule has 0 saturated heterocycles. The van der Waals surface area contributed by atoms with Gasteiger partial charge in [-0.05, 0) is 48.4 Å². The van der Waals surface area contributed by atoms with Gasteiger partial charge in [0.25, 0.3) is 0 Å². The van der Waals surface area contributed by atoms with E-state index in [9.17, 15) is 0 Å². The van der Waals surface area contributed by atoms with E-state index in [0.29, 0.717) is 0 Å². The lowest BCUT2D eigenvalue weighted by Crippen LogP contribution is -1.85. The monoisotopic (exact) mass is 156 g/mol. The Balaban J connectivity index is 2.37. The molecule has 0 heterocycles. The summed E-state index contributed by atoms with van der Waals surface area (Å²) in [7, 11) is 0. The van der Waals surface area contributed by atoms with E-state index in [2.05, 4.69) is 25.1 Å². The number of hydrogen-bond acceptors (Lipinski definition) is 0. The van der Waals surface area contributed by atoms with E-state index in [1.807, 2.05) is 0 Å². The van der Waals surface area contributed by atoms with E-state index in [0.717, 1.165) is 0 Å². The average Bonchev–Trinajstić information content (AvgIpc) is 2.60. The number of rotatable bonds is 0. The molecule has 0 nitrogen and oxygen atoms in total. The predicted octanol–water partition coefficient (Wildman–Crippen LogP) is 2.96. The molecule has 12 heavy (non-hydrogen) atoms. The lowest BCUT2D eigenvalue weighted by molar-refractivity contribution is 1.05. The SMILES string of the molecule is CC1=C2CCc3cccc(c32)C1. The molecule has 0 atom stereocenters. The second kappa shape index (κ2) is 2.01. The van der Waals surface area contributed by atoms with E-state index in [-0.39, 0.29) is 0 Å². The summed E-state index contributed by atoms with van der Waals surface area (Å²) in [5.74, 6) is 0. The second-order valence-electron chi connectivity index (χ2n) is 3.89. The van der Waals surface area contributed by atoms with Crippen molar-refractivity contribution >= 4 is 5.57 Å². The van der Waals surface area contributed by atoms with Crippen LogP contribution in [0.1, 0.15) is 30.0 Å². The molecule has 0 amide bonds. The lowest BCUT2D eigenvalue weighted by atomic mass is 10.1. The molecule has 0 bridgehead atoms. The lowest BCUT2D eigenvalue weighted by Gasteiger charge is -1.99. The molecule has 1 aromatic rings. The van der Waals surface area contributed by atoms with Crippen molar-refractivity contribution in [3.63, 3.8) is 0 Å². The van der Waals surface area contributed by atoms with Gasteiger partial charge in [0.15, 0.2) is 0 Å². The van der Waals surface area contributed by atoms with Crippen LogP contribution in [0.4, 0.5) is 0 Å². The van der Waals surface area contributed by atoms with Crippen LogP contribution in [-0.2, 0) is 12.8 Å². The van der Waals surface area contributed by atoms with Crippen molar-refractivity contribution in [3.05, 3.63) is 40.5 Å². The van der Waals surface area contributed by atoms with Gasteiger partial charge in [-0.2, -0.15) is 0 Å². The standard InChI is InChI=1S/C12H12/c1-8-7-10-4-2-3-9-5-6-11(8)12(9)10/h2-4H,5-7H2,1H3. The van der Waals surface area contributed by atoms with Crippen molar-refractivity contribution in [2.24, 2.45) is 0 Å². The topological polar surface area (TPSA) is 0 Å². The highest BCUT2D eigenvalue weighted by atomic mass is 14.3. The highest BCUT2D eigenvalue weighted by molar-refractivity contribution is 5.81. The summed E-state index contributed by atoms with van der Waals surface area (Å²) in [6.45, 7) is 2.28. The fourth-order valence-electron chi connectivity index (χ4n) is 2.60. The molecule has 0 aliphatic heterocycles. The molecule has 0 heteroatoms. The summed E-state index contributed by atoms with van der Waals surface area (Å²) in [6, 6.07) is 6.76. The van der Waals surface area contributed by atoms with Gasteiger partial charge in [-0.3, -0.25) is 0 Å². The average molecular weight is 156 g/mol. The first kappa shape index (κ1) is 6.47. The number of allylic oxidation sites excluding steroid dienone is 2. The highest BCUT2D eigenvalue weighted by Crippen LogP contribution is 2.42. The molecule has 0 saturated carbocycles. The number of aryl methyl sites for hydroxylation is 1. The van der Waals surface area contributed by atoms with Crippen molar-refractivity contribution in [2.75, 3.05) is 0 Å². The largest absolute Gasteiger partial charge is 0.0651 e. The maximum atomic E-state index is 2.28. The molecule has 0 radical (unpaired) electrons. The van der Waals surface area contributed by atoms with E-state index in [1.165, 1.54) is 19.3 Å². The van der Waals surface area contributed by atoms with Gasteiger partial charge in [-0.1, -0.05) is 23.8 Å². The third kappa shape index (κ3) is 0.632. The molecular weight excluding hydrogens is 144 g/mol. The Morgan fingerprint density at radius 2 is 1.92 bits per heavy atom. The Bertz CT molecular complexity index is 383. The summed E-state index contributed by atoms with van der Waals surface area (Å²) in [5.41, 5.74) is 8.02. The summed E-state index contributed by atoms with van der Waals surface area (Å²) >= 11 is 0. The first-order valence-corrected chi connectivity index (χ1v) is 4.66. The minimum absolute atomic E-state index is 1.21. The van der Waals surface area contributed by atoms with E-state index in [4.69, 9.17) is 0 Å². The van der Waals surface area contributed by atoms with Crippen LogP contribution in [0, 0.1) is 0 Å². The minimum atomic E-state index is 1.21. The van der Waals surface area contributed by atoms with Crippen LogP contribution in [0.5, 0.6) is 0 Å². The predicted molar refractivity (Wildman–Crippen MR) is 51.1 cm³/mol. The molecule has 2 aliphatic carbocycles. The van der Waals surface area contributed by atoms with Gasteiger partial charge >= 0.3 is 0 Å². The fraction of sp³-hybridized carbons (Fsp3) is 0.333. The second-order valence-corrected chi connectivity index (χ2v) is 3.89. The molecule has 0 fully saturated rings. The molecular formula is C12H12. The zero-order valence-corrected chi connectivity index (χ0v) is 7.35. The molecule has 0 N–H and O–H groups in total. The molecule has 1 aromatic carbocycles. The zero-order chi connectivity index (χ0) is 8.13. The quantitative estimate of drug-likeness (QED) is 0.541. The van der Waals surface area contributed by atoms with Crippen molar-refractivity contribution in [3.8, 4) is 0 Å². The van der Waals surface area contributed by atoms with Crippen molar-refractivity contribution in [1.29, 1.82) is 0 Å². The Hall–Kier alpha value is -1.04. The molecule has 2 aliphatic rings. The molecule has 60 valence electrons. The van der Waals surface area contributed by atoms with Crippen LogP contribution < -0.4 is 0 Å². The zero-order valence-electron chi connectivity index (χ0n) is 7.35. The van der Waals surface area contributed by atoms with Gasteiger partial charge in [0.1, 0.15) is 0 Å². The van der Waals surface area contributed by atoms with Crippen LogP contribution in [0.2, 0.25) is 0 Å². The van der Waals surface area contributed by atoms with Crippen LogP contribution >= 0.6 is 0 Å². The number of benzene rings is 1. The van der Waals surface area contributed by atoms with Gasteiger partial charge in [0, 0.05) is 0 Å². The van der Waals surface area contributed by atoms with Crippen LogP contribution in [0.15, 0.2) is 23.8 Å². The summed E-state index contributed by atoms with van der Waals surface area (Å²) in [4.78, 5) is 0. The van der Waals surface area contributed by atoms with Gasteiger partial charge in [0.2, 0.25) is 0 Å². The van der Waals surface area contributed by atoms with Crippen molar-refractivity contribution in [2.45, 2.75) is 26.2 Å². The van der Waals surface area contributed by atoms with Crippen LogP contribution in [-0.4, -0.2) is 0 Å². The summed E-state index contributed by atoms with van der Waals surface area (Å²) < 4.78 is 0. The maximum Gasteiger partial charge on any atom is -0.00577 e. The summed E-state index contributed by atoms with van der Waals surface area (Å²) in [5, 5.41) is 0. The molecule has 3 rings (SSSR count). The first-order chi connectivity index (χ1) is 5.86. The Kier molecular flexibility index (Phi) is 1.08. The Morgan fingerprint density at radius 1 is 1.08 bits per heavy atom. The highest BCUT2D eigenvalue weighted by Gasteiger charge is 2.25. The first-order valence-electron chi connectivity index (χ1n) is 4.66. The van der Waals surface area contributed by atoms with Crippen molar-refractivity contribution < 1.29 is 0 Å². The van der Waals surface area contributed by atoms with Crippen LogP contribution in [0.25, 0.3) is 5.57 Å².